The van der Waals surface area contributed by atoms with Crippen LogP contribution in [-0.4, -0.2) is 11.9 Å². The lowest BCUT2D eigenvalue weighted by Gasteiger charge is -2.07. The van der Waals surface area contributed by atoms with Gasteiger partial charge in [0.05, 0.1) is 0 Å². The van der Waals surface area contributed by atoms with Crippen molar-refractivity contribution in [3.8, 4) is 11.5 Å². The summed E-state index contributed by atoms with van der Waals surface area (Å²) in [5, 5.41) is 4.02. The van der Waals surface area contributed by atoms with Crippen LogP contribution >= 0.6 is 0 Å². The molecule has 0 heterocycles. The van der Waals surface area contributed by atoms with Crippen molar-refractivity contribution < 1.29 is 19.1 Å². The van der Waals surface area contributed by atoms with Gasteiger partial charge in [0.15, 0.2) is 0 Å². The van der Waals surface area contributed by atoms with Gasteiger partial charge in [0, 0.05) is 0 Å². The fourth-order valence-electron chi connectivity index (χ4n) is 2.91. The molecular formula is C23H16O4. The third-order valence-corrected chi connectivity index (χ3v) is 4.19. The van der Waals surface area contributed by atoms with Crippen molar-refractivity contribution in [2.45, 2.75) is 6.42 Å². The van der Waals surface area contributed by atoms with Gasteiger partial charge in [0.1, 0.15) is 17.9 Å². The van der Waals surface area contributed by atoms with Crippen molar-refractivity contribution in [1.82, 2.24) is 0 Å². The summed E-state index contributed by atoms with van der Waals surface area (Å²) in [6.07, 6.45) is -0.459. The van der Waals surface area contributed by atoms with Crippen molar-refractivity contribution in [1.29, 1.82) is 0 Å². The van der Waals surface area contributed by atoms with E-state index >= 15 is 0 Å². The fraction of sp³-hybridized carbons (Fsp3) is 0.0435. The zero-order valence-corrected chi connectivity index (χ0v) is 14.4. The fourth-order valence-corrected chi connectivity index (χ4v) is 2.91. The third-order valence-electron chi connectivity index (χ3n) is 4.19. The lowest BCUT2D eigenvalue weighted by atomic mass is 10.1. The molecule has 0 atom stereocenters. The summed E-state index contributed by atoms with van der Waals surface area (Å²) in [5.41, 5.74) is 0. The average Bonchev–Trinajstić information content (AvgIpc) is 2.67. The molecule has 27 heavy (non-hydrogen) atoms. The number of hydrogen-bond donors (Lipinski definition) is 0. The Morgan fingerprint density at radius 1 is 0.556 bits per heavy atom. The average molecular weight is 356 g/mol. The molecule has 0 aliphatic rings. The second kappa shape index (κ2) is 7.30. The summed E-state index contributed by atoms with van der Waals surface area (Å²) in [5.74, 6) is -0.512. The van der Waals surface area contributed by atoms with E-state index in [1.165, 1.54) is 0 Å². The number of carbonyl (C=O) groups excluding carboxylic acids is 2. The molecule has 0 bridgehead atoms. The summed E-state index contributed by atoms with van der Waals surface area (Å²) < 4.78 is 10.5. The van der Waals surface area contributed by atoms with Gasteiger partial charge in [0.2, 0.25) is 0 Å². The highest BCUT2D eigenvalue weighted by Crippen LogP contribution is 2.22. The molecule has 0 unspecified atom stereocenters. The number of fused-ring (bicyclic) bond motifs is 2. The largest absolute Gasteiger partial charge is 0.426 e. The normalized spacial score (nSPS) is 10.7. The van der Waals surface area contributed by atoms with Gasteiger partial charge in [-0.2, -0.15) is 0 Å². The first-order valence-electron chi connectivity index (χ1n) is 8.56. The van der Waals surface area contributed by atoms with Crippen molar-refractivity contribution >= 4 is 33.5 Å². The Bertz CT molecular complexity index is 1060. The first-order chi connectivity index (χ1) is 13.2. The van der Waals surface area contributed by atoms with E-state index in [1.807, 2.05) is 60.7 Å². The van der Waals surface area contributed by atoms with E-state index in [-0.39, 0.29) is 0 Å². The standard InChI is InChI=1S/C23H16O4/c24-22(26-20-11-9-16-5-1-3-7-18(16)13-20)15-23(25)27-21-12-10-17-6-2-4-8-19(17)14-21/h1-14H,15H2. The Hall–Kier alpha value is -3.66. The molecule has 4 rings (SSSR count). The molecule has 0 aliphatic carbocycles. The summed E-state index contributed by atoms with van der Waals surface area (Å²) in [6, 6.07) is 26.2. The minimum Gasteiger partial charge on any atom is -0.426 e. The third kappa shape index (κ3) is 3.96. The minimum atomic E-state index is -0.656. The van der Waals surface area contributed by atoms with E-state index in [2.05, 4.69) is 0 Å². The molecule has 4 aromatic rings. The lowest BCUT2D eigenvalue weighted by Crippen LogP contribution is -2.18. The van der Waals surface area contributed by atoms with Crippen molar-refractivity contribution in [3.63, 3.8) is 0 Å². The highest BCUT2D eigenvalue weighted by Gasteiger charge is 2.14. The van der Waals surface area contributed by atoms with Crippen molar-refractivity contribution in [2.24, 2.45) is 0 Å². The molecule has 0 saturated carbocycles. The van der Waals surface area contributed by atoms with Crippen molar-refractivity contribution in [3.05, 3.63) is 84.9 Å². The van der Waals surface area contributed by atoms with Crippen LogP contribution in [0.5, 0.6) is 11.5 Å². The quantitative estimate of drug-likeness (QED) is 0.297. The molecule has 0 spiro atoms. The van der Waals surface area contributed by atoms with Crippen LogP contribution in [0.2, 0.25) is 0 Å². The van der Waals surface area contributed by atoms with E-state index in [4.69, 9.17) is 9.47 Å². The van der Waals surface area contributed by atoms with Gasteiger partial charge in [-0.15, -0.1) is 0 Å². The number of benzene rings is 4. The maximum absolute atomic E-state index is 12.0. The molecule has 4 heteroatoms. The second-order valence-electron chi connectivity index (χ2n) is 6.14. The minimum absolute atomic E-state index is 0.400. The first kappa shape index (κ1) is 16.8. The number of hydrogen-bond acceptors (Lipinski definition) is 4. The van der Waals surface area contributed by atoms with Gasteiger partial charge in [0.25, 0.3) is 0 Å². The van der Waals surface area contributed by atoms with E-state index in [1.54, 1.807) is 24.3 Å². The van der Waals surface area contributed by atoms with Gasteiger partial charge in [-0.1, -0.05) is 60.7 Å². The summed E-state index contributed by atoms with van der Waals surface area (Å²) in [7, 11) is 0. The maximum atomic E-state index is 12.0. The topological polar surface area (TPSA) is 52.6 Å². The van der Waals surface area contributed by atoms with Crippen LogP contribution in [0.15, 0.2) is 84.9 Å². The van der Waals surface area contributed by atoms with Gasteiger partial charge >= 0.3 is 11.9 Å². The number of esters is 2. The van der Waals surface area contributed by atoms with Gasteiger partial charge in [-0.25, -0.2) is 0 Å². The molecule has 0 fully saturated rings. The van der Waals surface area contributed by atoms with E-state index in [9.17, 15) is 9.59 Å². The van der Waals surface area contributed by atoms with E-state index in [0.29, 0.717) is 11.5 Å². The Morgan fingerprint density at radius 3 is 1.41 bits per heavy atom. The smallest absolute Gasteiger partial charge is 0.322 e. The van der Waals surface area contributed by atoms with Gasteiger partial charge in [-0.3, -0.25) is 9.59 Å². The van der Waals surface area contributed by atoms with Crippen LogP contribution in [-0.2, 0) is 9.59 Å². The number of rotatable bonds is 4. The maximum Gasteiger partial charge on any atom is 0.322 e. The molecule has 4 nitrogen and oxygen atoms in total. The molecule has 0 N–H and O–H groups in total. The van der Waals surface area contributed by atoms with Gasteiger partial charge < -0.3 is 9.47 Å². The monoisotopic (exact) mass is 356 g/mol. The number of ether oxygens (including phenoxy) is 2. The predicted octanol–water partition coefficient (Wildman–Crippen LogP) is 4.89. The molecule has 0 saturated heterocycles. The second-order valence-corrected chi connectivity index (χ2v) is 6.14. The van der Waals surface area contributed by atoms with Gasteiger partial charge in [-0.05, 0) is 45.8 Å². The number of carbonyl (C=O) groups is 2. The Morgan fingerprint density at radius 2 is 0.963 bits per heavy atom. The van der Waals surface area contributed by atoms with Crippen molar-refractivity contribution in [2.75, 3.05) is 0 Å². The molecule has 0 aliphatic heterocycles. The Balaban J connectivity index is 1.39. The predicted molar refractivity (Wildman–Crippen MR) is 104 cm³/mol. The van der Waals surface area contributed by atoms with Crippen LogP contribution in [0.25, 0.3) is 21.5 Å². The molecular weight excluding hydrogens is 340 g/mol. The molecule has 0 aromatic heterocycles. The highest BCUT2D eigenvalue weighted by atomic mass is 16.6. The Kier molecular flexibility index (Phi) is 4.54. The lowest BCUT2D eigenvalue weighted by molar-refractivity contribution is -0.144. The summed E-state index contributed by atoms with van der Waals surface area (Å²) >= 11 is 0. The Labute approximate surface area is 155 Å². The molecule has 4 aromatic carbocycles. The van der Waals surface area contributed by atoms with Crippen LogP contribution in [0.3, 0.4) is 0 Å². The summed E-state index contributed by atoms with van der Waals surface area (Å²) in [4.78, 5) is 24.1. The SMILES string of the molecule is O=C(CC(=O)Oc1ccc2ccccc2c1)Oc1ccc2ccccc2c1. The van der Waals surface area contributed by atoms with Crippen LogP contribution in [0, 0.1) is 0 Å². The first-order valence-corrected chi connectivity index (χ1v) is 8.56. The highest BCUT2D eigenvalue weighted by molar-refractivity contribution is 5.94. The van der Waals surface area contributed by atoms with Crippen LogP contribution in [0.4, 0.5) is 0 Å². The van der Waals surface area contributed by atoms with Crippen LogP contribution < -0.4 is 9.47 Å². The summed E-state index contributed by atoms with van der Waals surface area (Å²) in [6.45, 7) is 0. The zero-order chi connectivity index (χ0) is 18.6. The molecule has 0 amide bonds. The molecule has 0 radical (unpaired) electrons. The van der Waals surface area contributed by atoms with E-state index in [0.717, 1.165) is 21.5 Å². The zero-order valence-electron chi connectivity index (χ0n) is 14.4. The molecule has 132 valence electrons. The van der Waals surface area contributed by atoms with Crippen LogP contribution in [0.1, 0.15) is 6.42 Å². The van der Waals surface area contributed by atoms with E-state index < -0.39 is 18.4 Å².